The van der Waals surface area contributed by atoms with Crippen LogP contribution in [0, 0.1) is 5.92 Å². The van der Waals surface area contributed by atoms with Gasteiger partial charge >= 0.3 is 12.1 Å². The van der Waals surface area contributed by atoms with Crippen LogP contribution in [0.25, 0.3) is 0 Å². The first-order chi connectivity index (χ1) is 17.4. The number of carbonyl (C=O) groups is 4. The number of rotatable bonds is 7. The fourth-order valence-electron chi connectivity index (χ4n) is 5.27. The van der Waals surface area contributed by atoms with Gasteiger partial charge in [-0.25, -0.2) is 9.59 Å². The minimum absolute atomic E-state index is 0.143. The summed E-state index contributed by atoms with van der Waals surface area (Å²) in [4.78, 5) is 55.2. The lowest BCUT2D eigenvalue weighted by Crippen LogP contribution is -2.58. The summed E-state index contributed by atoms with van der Waals surface area (Å²) in [7, 11) is 0. The van der Waals surface area contributed by atoms with Gasteiger partial charge in [-0.15, -0.1) is 0 Å². The SMILES string of the molecule is CCC(C)[C@H](NC(=O)[C@@H]1CCCN1C(=O)C1(c2ccccc2)CCN(C(=O)OC(C)(C)C)CC1)C(=O)O. The van der Waals surface area contributed by atoms with Gasteiger partial charge in [-0.3, -0.25) is 9.59 Å². The van der Waals surface area contributed by atoms with Crippen molar-refractivity contribution in [2.24, 2.45) is 5.92 Å². The summed E-state index contributed by atoms with van der Waals surface area (Å²) in [6, 6.07) is 7.80. The molecule has 3 rings (SSSR count). The second-order valence-corrected chi connectivity index (χ2v) is 11.3. The summed E-state index contributed by atoms with van der Waals surface area (Å²) in [5.41, 5.74) is -0.635. The maximum atomic E-state index is 14.2. The Labute approximate surface area is 219 Å². The summed E-state index contributed by atoms with van der Waals surface area (Å²) < 4.78 is 5.54. The molecule has 1 aromatic rings. The van der Waals surface area contributed by atoms with Crippen molar-refractivity contribution in [3.8, 4) is 0 Å². The number of piperidine rings is 1. The van der Waals surface area contributed by atoms with Crippen molar-refractivity contribution < 1.29 is 29.0 Å². The number of nitrogens with one attached hydrogen (secondary N) is 1. The van der Waals surface area contributed by atoms with Crippen LogP contribution in [0.15, 0.2) is 30.3 Å². The van der Waals surface area contributed by atoms with Gasteiger partial charge in [0.1, 0.15) is 17.7 Å². The van der Waals surface area contributed by atoms with E-state index in [4.69, 9.17) is 4.74 Å². The van der Waals surface area contributed by atoms with E-state index < -0.39 is 41.1 Å². The molecule has 9 nitrogen and oxygen atoms in total. The first-order valence-corrected chi connectivity index (χ1v) is 13.3. The standard InChI is InChI=1S/C28H41N3O6/c1-6-19(2)22(24(33)34)29-23(32)21-13-10-16-31(21)25(35)28(20-11-8-7-9-12-20)14-17-30(18-15-28)26(36)37-27(3,4)5/h7-9,11-12,19,21-22H,6,10,13-18H2,1-5H3,(H,29,32)(H,33,34)/t19?,21-,22-/m0/s1. The Hall–Kier alpha value is -3.10. The molecule has 37 heavy (non-hydrogen) atoms. The average Bonchev–Trinajstić information content (AvgIpc) is 3.35. The van der Waals surface area contributed by atoms with Gasteiger partial charge in [-0.2, -0.15) is 0 Å². The number of nitrogens with zero attached hydrogens (tertiary/aromatic N) is 2. The molecule has 0 aromatic heterocycles. The van der Waals surface area contributed by atoms with E-state index in [0.29, 0.717) is 51.7 Å². The van der Waals surface area contributed by atoms with E-state index in [1.165, 1.54) is 0 Å². The summed E-state index contributed by atoms with van der Waals surface area (Å²) in [5, 5.41) is 12.3. The number of ether oxygens (including phenoxy) is 1. The maximum Gasteiger partial charge on any atom is 0.410 e. The lowest BCUT2D eigenvalue weighted by Gasteiger charge is -2.44. The van der Waals surface area contributed by atoms with Gasteiger partial charge < -0.3 is 25.0 Å². The average molecular weight is 516 g/mol. The highest BCUT2D eigenvalue weighted by Crippen LogP contribution is 2.39. The topological polar surface area (TPSA) is 116 Å². The number of aliphatic carboxylic acids is 1. The molecule has 2 fully saturated rings. The van der Waals surface area contributed by atoms with E-state index in [-0.39, 0.29) is 11.8 Å². The Morgan fingerprint density at radius 3 is 2.27 bits per heavy atom. The molecule has 2 N–H and O–H groups in total. The molecule has 2 aliphatic heterocycles. The van der Waals surface area contributed by atoms with Crippen LogP contribution in [-0.4, -0.2) is 76.1 Å². The van der Waals surface area contributed by atoms with Gasteiger partial charge in [0.2, 0.25) is 11.8 Å². The van der Waals surface area contributed by atoms with Crippen LogP contribution in [-0.2, 0) is 24.5 Å². The third kappa shape index (κ3) is 6.43. The highest BCUT2D eigenvalue weighted by atomic mass is 16.6. The zero-order valence-electron chi connectivity index (χ0n) is 22.7. The summed E-state index contributed by atoms with van der Waals surface area (Å²) in [6.45, 7) is 10.3. The van der Waals surface area contributed by atoms with Crippen LogP contribution in [0.2, 0.25) is 0 Å². The molecule has 0 saturated carbocycles. The summed E-state index contributed by atoms with van der Waals surface area (Å²) in [5.74, 6) is -1.88. The molecular formula is C28H41N3O6. The molecule has 204 valence electrons. The number of amides is 3. The monoisotopic (exact) mass is 515 g/mol. The zero-order chi connectivity index (χ0) is 27.4. The van der Waals surface area contributed by atoms with Gasteiger partial charge in [-0.05, 0) is 57.9 Å². The zero-order valence-corrected chi connectivity index (χ0v) is 22.7. The third-order valence-corrected chi connectivity index (χ3v) is 7.60. The van der Waals surface area contributed by atoms with Gasteiger partial charge in [0.15, 0.2) is 0 Å². The number of benzene rings is 1. The first kappa shape index (κ1) is 28.5. The molecular weight excluding hydrogens is 474 g/mol. The van der Waals surface area contributed by atoms with Crippen molar-refractivity contribution in [2.45, 2.75) is 89.8 Å². The number of likely N-dealkylation sites (tertiary alicyclic amines) is 2. The predicted octanol–water partition coefficient (Wildman–Crippen LogP) is 3.56. The third-order valence-electron chi connectivity index (χ3n) is 7.60. The quantitative estimate of drug-likeness (QED) is 0.574. The fraction of sp³-hybridized carbons (Fsp3) is 0.643. The summed E-state index contributed by atoms with van der Waals surface area (Å²) in [6.07, 6.45) is 2.18. The van der Waals surface area contributed by atoms with Crippen molar-refractivity contribution in [1.29, 1.82) is 0 Å². The predicted molar refractivity (Wildman–Crippen MR) is 139 cm³/mol. The van der Waals surface area contributed by atoms with Gasteiger partial charge in [0, 0.05) is 19.6 Å². The van der Waals surface area contributed by atoms with Crippen molar-refractivity contribution in [1.82, 2.24) is 15.1 Å². The van der Waals surface area contributed by atoms with Crippen LogP contribution in [0.1, 0.15) is 72.3 Å². The van der Waals surface area contributed by atoms with Crippen LogP contribution >= 0.6 is 0 Å². The minimum Gasteiger partial charge on any atom is -0.480 e. The highest BCUT2D eigenvalue weighted by molar-refractivity contribution is 5.95. The van der Waals surface area contributed by atoms with Crippen molar-refractivity contribution in [2.75, 3.05) is 19.6 Å². The lowest BCUT2D eigenvalue weighted by atomic mass is 9.71. The van der Waals surface area contributed by atoms with Crippen LogP contribution in [0.4, 0.5) is 4.79 Å². The second-order valence-electron chi connectivity index (χ2n) is 11.3. The minimum atomic E-state index is -1.08. The smallest absolute Gasteiger partial charge is 0.410 e. The fourth-order valence-corrected chi connectivity index (χ4v) is 5.27. The number of carbonyl (C=O) groups excluding carboxylic acids is 3. The molecule has 2 saturated heterocycles. The molecule has 1 aromatic carbocycles. The molecule has 0 aliphatic carbocycles. The largest absolute Gasteiger partial charge is 0.480 e. The number of carboxylic acid groups (broad SMARTS) is 1. The lowest BCUT2D eigenvalue weighted by molar-refractivity contribution is -0.147. The van der Waals surface area contributed by atoms with E-state index in [0.717, 1.165) is 5.56 Å². The molecule has 0 radical (unpaired) electrons. The molecule has 2 aliphatic rings. The Morgan fingerprint density at radius 2 is 1.73 bits per heavy atom. The molecule has 0 bridgehead atoms. The molecule has 3 atom stereocenters. The van der Waals surface area contributed by atoms with Crippen molar-refractivity contribution >= 4 is 23.9 Å². The number of carboxylic acids is 1. The summed E-state index contributed by atoms with van der Waals surface area (Å²) >= 11 is 0. The molecule has 3 amide bonds. The number of hydrogen-bond acceptors (Lipinski definition) is 5. The number of hydrogen-bond donors (Lipinski definition) is 2. The van der Waals surface area contributed by atoms with Crippen molar-refractivity contribution in [3.05, 3.63) is 35.9 Å². The molecule has 0 spiro atoms. The second kappa shape index (κ2) is 11.5. The van der Waals surface area contributed by atoms with Gasteiger partial charge in [-0.1, -0.05) is 50.6 Å². The Bertz CT molecular complexity index is 981. The Balaban J connectivity index is 1.83. The van der Waals surface area contributed by atoms with Crippen LogP contribution < -0.4 is 5.32 Å². The van der Waals surface area contributed by atoms with E-state index in [1.54, 1.807) is 16.7 Å². The van der Waals surface area contributed by atoms with E-state index >= 15 is 0 Å². The maximum absolute atomic E-state index is 14.2. The normalized spacial score (nSPS) is 21.2. The Morgan fingerprint density at radius 1 is 1.11 bits per heavy atom. The van der Waals surface area contributed by atoms with E-state index in [9.17, 15) is 24.3 Å². The Kier molecular flexibility index (Phi) is 8.87. The molecule has 9 heteroatoms. The van der Waals surface area contributed by atoms with Crippen LogP contribution in [0.3, 0.4) is 0 Å². The molecule has 2 heterocycles. The van der Waals surface area contributed by atoms with E-state index in [2.05, 4.69) is 5.32 Å². The molecule has 1 unspecified atom stereocenters. The van der Waals surface area contributed by atoms with Gasteiger partial charge in [0.25, 0.3) is 0 Å². The van der Waals surface area contributed by atoms with Gasteiger partial charge in [0.05, 0.1) is 5.41 Å². The van der Waals surface area contributed by atoms with E-state index in [1.807, 2.05) is 58.0 Å². The first-order valence-electron chi connectivity index (χ1n) is 13.3. The van der Waals surface area contributed by atoms with Crippen molar-refractivity contribution in [3.63, 3.8) is 0 Å². The van der Waals surface area contributed by atoms with Crippen LogP contribution in [0.5, 0.6) is 0 Å². The highest BCUT2D eigenvalue weighted by Gasteiger charge is 2.49.